The van der Waals surface area contributed by atoms with Crippen LogP contribution in [0.3, 0.4) is 0 Å². The van der Waals surface area contributed by atoms with Crippen molar-refractivity contribution in [3.8, 4) is 0 Å². The predicted molar refractivity (Wildman–Crippen MR) is 61.4 cm³/mol. The highest BCUT2D eigenvalue weighted by Crippen LogP contribution is 2.43. The molecule has 0 heterocycles. The molecule has 1 unspecified atom stereocenters. The van der Waals surface area contributed by atoms with E-state index in [1.165, 1.54) is 0 Å². The van der Waals surface area contributed by atoms with Crippen LogP contribution in [-0.4, -0.2) is 40.4 Å². The van der Waals surface area contributed by atoms with Gasteiger partial charge in [-0.15, -0.1) is 0 Å². The Morgan fingerprint density at radius 2 is 1.87 bits per heavy atom. The zero-order valence-electron chi connectivity index (χ0n) is 9.86. The highest BCUT2D eigenvalue weighted by molar-refractivity contribution is 7.52. The lowest BCUT2D eigenvalue weighted by atomic mass is 10.5. The quantitative estimate of drug-likeness (QED) is 0.531. The van der Waals surface area contributed by atoms with E-state index in [1.807, 2.05) is 13.5 Å². The summed E-state index contributed by atoms with van der Waals surface area (Å²) in [6, 6.07) is 0.456. The van der Waals surface area contributed by atoms with Gasteiger partial charge in [-0.1, -0.05) is 6.92 Å². The summed E-state index contributed by atoms with van der Waals surface area (Å²) >= 11 is 0. The molecular formula is C8H21O5PSi. The molecule has 0 radical (unpaired) electrons. The third-order valence-electron chi connectivity index (χ3n) is 2.21. The highest BCUT2D eigenvalue weighted by atomic mass is 31.2. The van der Waals surface area contributed by atoms with Crippen LogP contribution in [0.1, 0.15) is 13.3 Å². The van der Waals surface area contributed by atoms with Gasteiger partial charge in [0.25, 0.3) is 0 Å². The van der Waals surface area contributed by atoms with Gasteiger partial charge in [-0.3, -0.25) is 4.57 Å². The maximum Gasteiger partial charge on any atom is 0.335 e. The minimum atomic E-state index is -3.46. The molecule has 15 heavy (non-hydrogen) atoms. The first-order valence-electron chi connectivity index (χ1n) is 4.96. The molecule has 7 heteroatoms. The van der Waals surface area contributed by atoms with E-state index in [4.69, 9.17) is 13.4 Å². The van der Waals surface area contributed by atoms with Crippen molar-refractivity contribution in [1.29, 1.82) is 0 Å². The fourth-order valence-electron chi connectivity index (χ4n) is 0.930. The first-order chi connectivity index (χ1) is 6.89. The van der Waals surface area contributed by atoms with Crippen molar-refractivity contribution in [2.45, 2.75) is 25.9 Å². The van der Waals surface area contributed by atoms with Crippen LogP contribution in [-0.2, 0) is 17.9 Å². The summed E-state index contributed by atoms with van der Waals surface area (Å²) in [6.07, 6.45) is 0.825. The van der Waals surface area contributed by atoms with Crippen molar-refractivity contribution in [2.24, 2.45) is 0 Å². The maximum absolute atomic E-state index is 11.5. The molecule has 0 aliphatic rings. The van der Waals surface area contributed by atoms with Crippen LogP contribution in [0.15, 0.2) is 0 Å². The topological polar surface area (TPSA) is 65.0 Å². The van der Waals surface area contributed by atoms with Crippen molar-refractivity contribution in [3.63, 3.8) is 0 Å². The fraction of sp³-hybridized carbons (Fsp3) is 1.00. The molecule has 0 rings (SSSR count). The fourth-order valence-corrected chi connectivity index (χ4v) is 4.86. The van der Waals surface area contributed by atoms with Gasteiger partial charge < -0.3 is 18.3 Å². The minimum Gasteiger partial charge on any atom is -0.398 e. The lowest BCUT2D eigenvalue weighted by molar-refractivity contribution is 0.243. The van der Waals surface area contributed by atoms with Gasteiger partial charge >= 0.3 is 16.2 Å². The largest absolute Gasteiger partial charge is 0.398 e. The smallest absolute Gasteiger partial charge is 0.335 e. The van der Waals surface area contributed by atoms with E-state index >= 15 is 0 Å². The van der Waals surface area contributed by atoms with Crippen LogP contribution >= 0.6 is 7.60 Å². The van der Waals surface area contributed by atoms with Gasteiger partial charge in [0.05, 0.1) is 12.8 Å². The van der Waals surface area contributed by atoms with Crippen molar-refractivity contribution >= 4 is 16.2 Å². The lowest BCUT2D eigenvalue weighted by Crippen LogP contribution is -2.36. The predicted octanol–water partition coefficient (Wildman–Crippen LogP) is 1.96. The summed E-state index contributed by atoms with van der Waals surface area (Å²) in [4.78, 5) is 9.44. The van der Waals surface area contributed by atoms with Crippen molar-refractivity contribution in [1.82, 2.24) is 0 Å². The van der Waals surface area contributed by atoms with Crippen molar-refractivity contribution < 1.29 is 22.8 Å². The SMILES string of the molecule is CCCOP(=O)(O)CC[Si](C)(OC)OC. The van der Waals surface area contributed by atoms with E-state index in [1.54, 1.807) is 14.2 Å². The summed E-state index contributed by atoms with van der Waals surface area (Å²) in [5, 5.41) is 0. The van der Waals surface area contributed by atoms with E-state index in [9.17, 15) is 9.46 Å². The van der Waals surface area contributed by atoms with E-state index in [2.05, 4.69) is 0 Å². The summed E-state index contributed by atoms with van der Waals surface area (Å²) in [6.45, 7) is 4.06. The van der Waals surface area contributed by atoms with Gasteiger partial charge in [0, 0.05) is 20.3 Å². The molecule has 0 amide bonds. The third-order valence-corrected chi connectivity index (χ3v) is 6.89. The Labute approximate surface area is 92.5 Å². The van der Waals surface area contributed by atoms with Gasteiger partial charge in [0.1, 0.15) is 0 Å². The Balaban J connectivity index is 4.07. The summed E-state index contributed by atoms with van der Waals surface area (Å²) in [7, 11) is -2.59. The first-order valence-corrected chi connectivity index (χ1v) is 9.24. The number of hydrogen-bond acceptors (Lipinski definition) is 4. The number of rotatable bonds is 8. The molecular weight excluding hydrogens is 235 g/mol. The molecule has 0 aliphatic heterocycles. The summed E-state index contributed by atoms with van der Waals surface area (Å²) < 4.78 is 26.8. The average Bonchev–Trinajstić information content (AvgIpc) is 2.23. The standard InChI is InChI=1S/C8H21O5PSi/c1-5-6-13-14(9,10)7-8-15(4,11-2)12-3/h5-8H2,1-4H3,(H,9,10). The second kappa shape index (κ2) is 6.78. The van der Waals surface area contributed by atoms with Crippen LogP contribution in [0.4, 0.5) is 0 Å². The van der Waals surface area contributed by atoms with Gasteiger partial charge in [-0.05, 0) is 13.0 Å². The van der Waals surface area contributed by atoms with Crippen LogP contribution in [0, 0.1) is 0 Å². The molecule has 0 fully saturated rings. The molecule has 1 atom stereocenters. The normalized spacial score (nSPS) is 16.3. The molecule has 0 saturated carbocycles. The van der Waals surface area contributed by atoms with E-state index in [-0.39, 0.29) is 6.16 Å². The van der Waals surface area contributed by atoms with Gasteiger partial charge in [0.15, 0.2) is 0 Å². The average molecular weight is 256 g/mol. The van der Waals surface area contributed by atoms with Crippen LogP contribution in [0.2, 0.25) is 12.6 Å². The second-order valence-corrected chi connectivity index (χ2v) is 9.05. The molecule has 92 valence electrons. The van der Waals surface area contributed by atoms with Crippen molar-refractivity contribution in [3.05, 3.63) is 0 Å². The second-order valence-electron chi connectivity index (χ2n) is 3.49. The molecule has 1 N–H and O–H groups in total. The van der Waals surface area contributed by atoms with Crippen LogP contribution in [0.5, 0.6) is 0 Å². The lowest BCUT2D eigenvalue weighted by Gasteiger charge is -2.23. The van der Waals surface area contributed by atoms with E-state index in [0.717, 1.165) is 6.42 Å². The first kappa shape index (κ1) is 15.3. The zero-order valence-corrected chi connectivity index (χ0v) is 11.8. The monoisotopic (exact) mass is 256 g/mol. The molecule has 5 nitrogen and oxygen atoms in total. The Hall–Kier alpha value is 0.287. The molecule has 0 aliphatic carbocycles. The molecule has 0 aromatic rings. The Bertz CT molecular complexity index is 219. The van der Waals surface area contributed by atoms with Crippen LogP contribution < -0.4 is 0 Å². The molecule has 0 spiro atoms. The van der Waals surface area contributed by atoms with Gasteiger partial charge in [0.2, 0.25) is 0 Å². The Morgan fingerprint density at radius 3 is 2.27 bits per heavy atom. The molecule has 0 saturated heterocycles. The molecule has 0 bridgehead atoms. The number of hydrogen-bond donors (Lipinski definition) is 1. The highest BCUT2D eigenvalue weighted by Gasteiger charge is 2.32. The Kier molecular flexibility index (Phi) is 6.91. The van der Waals surface area contributed by atoms with Crippen LogP contribution in [0.25, 0.3) is 0 Å². The van der Waals surface area contributed by atoms with Crippen molar-refractivity contribution in [2.75, 3.05) is 27.0 Å². The summed E-state index contributed by atoms with van der Waals surface area (Å²) in [5.41, 5.74) is 0. The van der Waals surface area contributed by atoms with E-state index in [0.29, 0.717) is 12.7 Å². The zero-order chi connectivity index (χ0) is 11.9. The molecule has 0 aromatic carbocycles. The Morgan fingerprint density at radius 1 is 1.33 bits per heavy atom. The van der Waals surface area contributed by atoms with Gasteiger partial charge in [-0.2, -0.15) is 0 Å². The summed E-state index contributed by atoms with van der Waals surface area (Å²) in [5.74, 6) is 0. The van der Waals surface area contributed by atoms with E-state index < -0.39 is 16.2 Å². The van der Waals surface area contributed by atoms with Gasteiger partial charge in [-0.25, -0.2) is 0 Å². The minimum absolute atomic E-state index is 0.0946. The molecule has 0 aromatic heterocycles. The third kappa shape index (κ3) is 6.45. The maximum atomic E-state index is 11.5.